The lowest BCUT2D eigenvalue weighted by molar-refractivity contribution is -0.298. The molecule has 8 atom stereocenters. The van der Waals surface area contributed by atoms with E-state index in [9.17, 15) is 38.7 Å². The summed E-state index contributed by atoms with van der Waals surface area (Å²) in [7, 11) is -5.12. The SMILES string of the molecule is CCCCCCCCCCCCCCCCC/C=C/CC/C=C/C(O)C(COC1OC(CO)C(O)C(OS(=O)(=O)O)C1O)NC(=O)C(O)CCCCCCCCCC. The Bertz CT molecular complexity index is 1160. The van der Waals surface area contributed by atoms with Gasteiger partial charge in [-0.2, -0.15) is 8.42 Å². The van der Waals surface area contributed by atoms with E-state index in [1.54, 1.807) is 6.08 Å². The maximum atomic E-state index is 13.0. The van der Waals surface area contributed by atoms with Crippen LogP contribution in [0.5, 0.6) is 0 Å². The first-order chi connectivity index (χ1) is 27.9. The molecule has 0 aromatic rings. The Kier molecular flexibility index (Phi) is 33.1. The highest BCUT2D eigenvalue weighted by atomic mass is 32.3. The second-order valence-electron chi connectivity index (χ2n) is 16.1. The molecule has 1 aliphatic rings. The van der Waals surface area contributed by atoms with Gasteiger partial charge in [0.25, 0.3) is 0 Å². The maximum absolute atomic E-state index is 13.0. The zero-order valence-electron chi connectivity index (χ0n) is 36.0. The smallest absolute Gasteiger partial charge is 0.394 e. The number of rotatable bonds is 38. The number of hydrogen-bond acceptors (Lipinski definition) is 11. The van der Waals surface area contributed by atoms with Crippen LogP contribution in [0.15, 0.2) is 24.3 Å². The van der Waals surface area contributed by atoms with Gasteiger partial charge in [0.15, 0.2) is 6.29 Å². The minimum absolute atomic E-state index is 0.237. The molecule has 13 nitrogen and oxygen atoms in total. The van der Waals surface area contributed by atoms with E-state index in [0.29, 0.717) is 12.8 Å². The largest absolute Gasteiger partial charge is 0.397 e. The lowest BCUT2D eigenvalue weighted by atomic mass is 9.99. The Morgan fingerprint density at radius 2 is 1.16 bits per heavy atom. The Morgan fingerprint density at radius 1 is 0.690 bits per heavy atom. The van der Waals surface area contributed by atoms with Gasteiger partial charge in [-0.15, -0.1) is 0 Å². The fraction of sp³-hybridized carbons (Fsp3) is 0.886. The van der Waals surface area contributed by atoms with E-state index in [-0.39, 0.29) is 6.42 Å². The molecule has 0 aromatic heterocycles. The second kappa shape index (κ2) is 35.2. The molecule has 58 heavy (non-hydrogen) atoms. The van der Waals surface area contributed by atoms with Crippen molar-refractivity contribution < 1.29 is 57.0 Å². The summed E-state index contributed by atoms with van der Waals surface area (Å²) < 4.78 is 47.4. The fourth-order valence-corrected chi connectivity index (χ4v) is 7.69. The molecule has 1 aliphatic heterocycles. The number of carbonyl (C=O) groups is 1. The standard InChI is InChI=1S/C44H83NO12S/c1-3-5-7-9-11-13-14-15-16-17-18-19-20-21-22-23-24-25-27-28-30-32-37(47)36(45-43(51)38(48)33-31-29-26-12-10-8-6-4-2)35-55-44-41(50)42(57-58(52,53)54)40(49)39(34-46)56-44/h24-25,30,32,36-42,44,46-50H,3-23,26-29,31,33-35H2,1-2H3,(H,45,51)(H,52,53,54)/b25-24+,32-30+. The van der Waals surface area contributed by atoms with E-state index >= 15 is 0 Å². The summed E-state index contributed by atoms with van der Waals surface area (Å²) in [6.45, 7) is 3.15. The molecular formula is C44H83NO12S. The van der Waals surface area contributed by atoms with E-state index in [0.717, 1.165) is 38.5 Å². The minimum atomic E-state index is -5.12. The maximum Gasteiger partial charge on any atom is 0.397 e. The molecule has 7 N–H and O–H groups in total. The van der Waals surface area contributed by atoms with Crippen LogP contribution in [0, 0.1) is 0 Å². The van der Waals surface area contributed by atoms with Crippen LogP contribution in [0.3, 0.4) is 0 Å². The molecule has 0 bridgehead atoms. The van der Waals surface area contributed by atoms with Crippen molar-refractivity contribution in [2.45, 2.75) is 236 Å². The van der Waals surface area contributed by atoms with Crippen LogP contribution in [-0.2, 0) is 28.9 Å². The lowest BCUT2D eigenvalue weighted by Crippen LogP contribution is -2.61. The van der Waals surface area contributed by atoms with Crippen LogP contribution >= 0.6 is 0 Å². The number of unbranched alkanes of at least 4 members (excludes halogenated alkanes) is 23. The van der Waals surface area contributed by atoms with Gasteiger partial charge in [-0.3, -0.25) is 9.35 Å². The van der Waals surface area contributed by atoms with Crippen LogP contribution in [0.25, 0.3) is 0 Å². The second-order valence-corrected chi connectivity index (χ2v) is 17.2. The molecule has 14 heteroatoms. The summed E-state index contributed by atoms with van der Waals surface area (Å²) in [6.07, 6.45) is 27.3. The van der Waals surface area contributed by atoms with Crippen molar-refractivity contribution >= 4 is 16.3 Å². The first kappa shape index (κ1) is 54.6. The number of carbonyl (C=O) groups excluding carboxylic acids is 1. The summed E-state index contributed by atoms with van der Waals surface area (Å²) >= 11 is 0. The quantitative estimate of drug-likeness (QED) is 0.0183. The Balaban J connectivity index is 2.56. The Hall–Kier alpha value is -1.46. The number of nitrogens with one attached hydrogen (secondary N) is 1. The van der Waals surface area contributed by atoms with Gasteiger partial charge in [0.2, 0.25) is 5.91 Å². The molecule has 8 unspecified atom stereocenters. The van der Waals surface area contributed by atoms with E-state index in [1.807, 2.05) is 0 Å². The van der Waals surface area contributed by atoms with Crippen molar-refractivity contribution in [2.24, 2.45) is 0 Å². The third-order valence-corrected chi connectivity index (χ3v) is 11.3. The zero-order chi connectivity index (χ0) is 42.9. The Morgan fingerprint density at radius 3 is 1.66 bits per heavy atom. The average Bonchev–Trinajstić information content (AvgIpc) is 3.19. The normalized spacial score (nSPS) is 21.8. The van der Waals surface area contributed by atoms with Crippen LogP contribution < -0.4 is 5.32 Å². The van der Waals surface area contributed by atoms with Gasteiger partial charge in [-0.05, 0) is 32.1 Å². The summed E-state index contributed by atoms with van der Waals surface area (Å²) in [5, 5.41) is 54.9. The third-order valence-electron chi connectivity index (χ3n) is 10.8. The van der Waals surface area contributed by atoms with Crippen molar-refractivity contribution in [1.29, 1.82) is 0 Å². The van der Waals surface area contributed by atoms with Crippen molar-refractivity contribution in [1.82, 2.24) is 5.32 Å². The molecule has 0 radical (unpaired) electrons. The van der Waals surface area contributed by atoms with Crippen LogP contribution in [-0.4, -0.2) is 107 Å². The number of hydrogen-bond donors (Lipinski definition) is 7. The molecule has 342 valence electrons. The van der Waals surface area contributed by atoms with E-state index < -0.39 is 78.5 Å². The highest BCUT2D eigenvalue weighted by Gasteiger charge is 2.48. The summed E-state index contributed by atoms with van der Waals surface area (Å²) in [6, 6.07) is -1.13. The molecular weight excluding hydrogens is 767 g/mol. The lowest BCUT2D eigenvalue weighted by Gasteiger charge is -2.41. The molecule has 1 fully saturated rings. The van der Waals surface area contributed by atoms with Gasteiger partial charge < -0.3 is 40.3 Å². The number of allylic oxidation sites excluding steroid dienone is 3. The molecule has 0 aromatic carbocycles. The van der Waals surface area contributed by atoms with E-state index in [2.05, 4.69) is 35.5 Å². The predicted octanol–water partition coefficient (Wildman–Crippen LogP) is 7.52. The number of aliphatic hydroxyl groups is 5. The number of amides is 1. The molecule has 1 rings (SSSR count). The molecule has 0 spiro atoms. The molecule has 0 aliphatic carbocycles. The summed E-state index contributed by atoms with van der Waals surface area (Å²) in [5.74, 6) is -0.716. The first-order valence-corrected chi connectivity index (χ1v) is 24.2. The van der Waals surface area contributed by atoms with Crippen molar-refractivity contribution in [3.8, 4) is 0 Å². The van der Waals surface area contributed by atoms with Crippen LogP contribution in [0.2, 0.25) is 0 Å². The molecule has 1 saturated heterocycles. The minimum Gasteiger partial charge on any atom is -0.394 e. The summed E-state index contributed by atoms with van der Waals surface area (Å²) in [5.41, 5.74) is 0. The average molecular weight is 850 g/mol. The van der Waals surface area contributed by atoms with Gasteiger partial charge in [0.05, 0.1) is 25.4 Å². The van der Waals surface area contributed by atoms with Gasteiger partial charge in [-0.25, -0.2) is 4.18 Å². The summed E-state index contributed by atoms with van der Waals surface area (Å²) in [4.78, 5) is 13.0. The number of ether oxygens (including phenoxy) is 2. The molecule has 1 heterocycles. The first-order valence-electron chi connectivity index (χ1n) is 22.8. The number of aliphatic hydroxyl groups excluding tert-OH is 5. The molecule has 0 saturated carbocycles. The van der Waals surface area contributed by atoms with Gasteiger partial charge in [0.1, 0.15) is 30.5 Å². The Labute approximate surface area is 351 Å². The van der Waals surface area contributed by atoms with Crippen LogP contribution in [0.1, 0.15) is 187 Å². The molecule has 1 amide bonds. The van der Waals surface area contributed by atoms with Gasteiger partial charge in [-0.1, -0.05) is 179 Å². The van der Waals surface area contributed by atoms with Crippen LogP contribution in [0.4, 0.5) is 0 Å². The van der Waals surface area contributed by atoms with Gasteiger partial charge in [0, 0.05) is 0 Å². The fourth-order valence-electron chi connectivity index (χ4n) is 7.18. The monoisotopic (exact) mass is 850 g/mol. The van der Waals surface area contributed by atoms with Crippen molar-refractivity contribution in [2.75, 3.05) is 13.2 Å². The highest BCUT2D eigenvalue weighted by Crippen LogP contribution is 2.26. The topological polar surface area (TPSA) is 212 Å². The third kappa shape index (κ3) is 27.4. The van der Waals surface area contributed by atoms with Crippen molar-refractivity contribution in [3.05, 3.63) is 24.3 Å². The van der Waals surface area contributed by atoms with Gasteiger partial charge >= 0.3 is 10.4 Å². The predicted molar refractivity (Wildman–Crippen MR) is 228 cm³/mol. The van der Waals surface area contributed by atoms with E-state index in [1.165, 1.54) is 122 Å². The zero-order valence-corrected chi connectivity index (χ0v) is 36.8. The van der Waals surface area contributed by atoms with Crippen molar-refractivity contribution in [3.63, 3.8) is 0 Å². The van der Waals surface area contributed by atoms with E-state index in [4.69, 9.17) is 14.0 Å². The highest BCUT2D eigenvalue weighted by molar-refractivity contribution is 7.80.